The van der Waals surface area contributed by atoms with Crippen LogP contribution in [0.1, 0.15) is 58.6 Å². The Morgan fingerprint density at radius 2 is 1.44 bits per heavy atom. The summed E-state index contributed by atoms with van der Waals surface area (Å²) in [5.74, 6) is 0. The van der Waals surface area contributed by atoms with E-state index in [2.05, 4.69) is 161 Å². The van der Waals surface area contributed by atoms with Gasteiger partial charge < -0.3 is 4.90 Å². The van der Waals surface area contributed by atoms with Crippen LogP contribution >= 0.6 is 11.6 Å². The molecule has 0 aromatic heterocycles. The summed E-state index contributed by atoms with van der Waals surface area (Å²) < 4.78 is 2.34. The molecule has 0 unspecified atom stereocenters. The van der Waals surface area contributed by atoms with Gasteiger partial charge in [0.05, 0.1) is 5.41 Å². The molecule has 0 N–H and O–H groups in total. The summed E-state index contributed by atoms with van der Waals surface area (Å²) in [6.07, 6.45) is 12.9. The maximum atomic E-state index is 7.02. The van der Waals surface area contributed by atoms with Crippen molar-refractivity contribution in [2.75, 3.05) is 19.0 Å². The molecule has 3 heteroatoms. The minimum absolute atomic E-state index is 0.119. The predicted octanol–water partition coefficient (Wildman–Crippen LogP) is 10.7. The maximum absolute atomic E-state index is 7.02. The first-order chi connectivity index (χ1) is 20.6. The van der Waals surface area contributed by atoms with Gasteiger partial charge in [0.25, 0.3) is 0 Å². The van der Waals surface area contributed by atoms with Crippen LogP contribution in [0.3, 0.4) is 0 Å². The van der Waals surface area contributed by atoms with Gasteiger partial charge in [0.1, 0.15) is 7.05 Å². The Hall–Kier alpha value is -3.88. The predicted molar refractivity (Wildman–Crippen MR) is 187 cm³/mol. The quantitative estimate of drug-likeness (QED) is 0.161. The minimum atomic E-state index is -0.122. The fourth-order valence-corrected chi connectivity index (χ4v) is 7.68. The van der Waals surface area contributed by atoms with Crippen LogP contribution in [0.25, 0.3) is 21.5 Å². The Bertz CT molecular complexity index is 1910. The molecule has 43 heavy (non-hydrogen) atoms. The number of allylic oxidation sites excluding steroid dienone is 8. The van der Waals surface area contributed by atoms with Crippen LogP contribution < -0.4 is 4.90 Å². The van der Waals surface area contributed by atoms with Crippen molar-refractivity contribution in [2.45, 2.75) is 58.3 Å². The van der Waals surface area contributed by atoms with Crippen LogP contribution in [0.5, 0.6) is 0 Å². The summed E-state index contributed by atoms with van der Waals surface area (Å²) in [6.45, 7) is 11.5. The largest absolute Gasteiger partial charge is 0.347 e. The first kappa shape index (κ1) is 29.2. The molecular weight excluding hydrogens is 544 g/mol. The molecule has 0 bridgehead atoms. The summed E-state index contributed by atoms with van der Waals surface area (Å²) in [4.78, 5) is 2.33. The van der Waals surface area contributed by atoms with Gasteiger partial charge in [-0.3, -0.25) is 0 Å². The number of fused-ring (bicyclic) bond motifs is 6. The van der Waals surface area contributed by atoms with Crippen molar-refractivity contribution in [2.24, 2.45) is 0 Å². The molecule has 2 heterocycles. The highest BCUT2D eigenvalue weighted by Crippen LogP contribution is 2.50. The molecule has 0 saturated carbocycles. The third kappa shape index (κ3) is 4.77. The smallest absolute Gasteiger partial charge is 0.210 e. The van der Waals surface area contributed by atoms with Gasteiger partial charge in [0.2, 0.25) is 5.69 Å². The number of hydrogen-bond donors (Lipinski definition) is 0. The van der Waals surface area contributed by atoms with E-state index in [4.69, 9.17) is 11.6 Å². The Labute approximate surface area is 262 Å². The number of halogens is 1. The van der Waals surface area contributed by atoms with Crippen molar-refractivity contribution in [3.05, 3.63) is 131 Å². The van der Waals surface area contributed by atoms with Crippen molar-refractivity contribution < 1.29 is 4.58 Å². The number of benzene rings is 4. The molecular formula is C40H42ClN2+. The molecule has 0 fully saturated rings. The van der Waals surface area contributed by atoms with Crippen molar-refractivity contribution >= 4 is 50.2 Å². The number of rotatable bonds is 6. The standard InChI is InChI=1S/C40H42ClN2/c1-8-14-29(23-26-36-40(4,5)38-31-18-12-10-16-28(31)22-25-34(38)43(36)7)32(41)19-13-20-35-39(2,3)37-30-17-11-9-15-27(30)21-24-33(37)42(35)6/h9-13,15-26H,8,14H2,1-7H3/q+1. The Morgan fingerprint density at radius 1 is 0.814 bits per heavy atom. The third-order valence-corrected chi connectivity index (χ3v) is 9.92. The highest BCUT2D eigenvalue weighted by molar-refractivity contribution is 6.31. The Kier molecular flexibility index (Phi) is 7.47. The summed E-state index contributed by atoms with van der Waals surface area (Å²) in [6, 6.07) is 26.4. The summed E-state index contributed by atoms with van der Waals surface area (Å²) in [5.41, 5.74) is 8.79. The van der Waals surface area contributed by atoms with E-state index in [-0.39, 0.29) is 10.8 Å². The van der Waals surface area contributed by atoms with E-state index < -0.39 is 0 Å². The number of likely N-dealkylation sites (N-methyl/N-ethyl adjacent to an activating group) is 1. The van der Waals surface area contributed by atoms with Crippen molar-refractivity contribution in [1.82, 2.24) is 0 Å². The van der Waals surface area contributed by atoms with Gasteiger partial charge in [-0.15, -0.1) is 0 Å². The molecule has 2 aliphatic rings. The van der Waals surface area contributed by atoms with E-state index in [1.165, 1.54) is 55.5 Å². The van der Waals surface area contributed by atoms with Crippen LogP contribution in [0, 0.1) is 0 Å². The van der Waals surface area contributed by atoms with Gasteiger partial charge in [-0.05, 0) is 77.2 Å². The van der Waals surface area contributed by atoms with Gasteiger partial charge in [0.15, 0.2) is 5.71 Å². The van der Waals surface area contributed by atoms with Gasteiger partial charge >= 0.3 is 0 Å². The highest BCUT2D eigenvalue weighted by Gasteiger charge is 2.44. The SMILES string of the molecule is CCCC(/C=C/C1=[N+](C)c2ccc3ccccc3c2C1(C)C)=C(Cl)\C=C\C=C1\N(C)c2ccc3ccccc3c2C1(C)C. The first-order valence-electron chi connectivity index (χ1n) is 15.4. The maximum Gasteiger partial charge on any atom is 0.210 e. The lowest BCUT2D eigenvalue weighted by atomic mass is 9.79. The van der Waals surface area contributed by atoms with Gasteiger partial charge in [-0.2, -0.15) is 4.58 Å². The first-order valence-corrected chi connectivity index (χ1v) is 15.8. The van der Waals surface area contributed by atoms with E-state index in [9.17, 15) is 0 Å². The molecule has 0 radical (unpaired) electrons. The Morgan fingerprint density at radius 3 is 2.12 bits per heavy atom. The van der Waals surface area contributed by atoms with E-state index in [0.29, 0.717) is 0 Å². The minimum Gasteiger partial charge on any atom is -0.347 e. The second-order valence-corrected chi connectivity index (χ2v) is 13.4. The molecule has 0 amide bonds. The lowest BCUT2D eigenvalue weighted by Gasteiger charge is -2.24. The molecule has 6 rings (SSSR count). The molecule has 2 nitrogen and oxygen atoms in total. The summed E-state index contributed by atoms with van der Waals surface area (Å²) in [7, 11) is 4.35. The average molecular weight is 586 g/mol. The Balaban J connectivity index is 1.31. The molecule has 218 valence electrons. The van der Waals surface area contributed by atoms with Crippen LogP contribution in [0.15, 0.2) is 119 Å². The monoisotopic (exact) mass is 585 g/mol. The molecule has 4 aromatic carbocycles. The second kappa shape index (κ2) is 11.0. The molecule has 0 saturated heterocycles. The number of hydrogen-bond acceptors (Lipinski definition) is 1. The van der Waals surface area contributed by atoms with Gasteiger partial charge in [-0.1, -0.05) is 106 Å². The van der Waals surface area contributed by atoms with E-state index in [0.717, 1.165) is 23.4 Å². The molecule has 0 atom stereocenters. The lowest BCUT2D eigenvalue weighted by molar-refractivity contribution is -0.401. The zero-order chi connectivity index (χ0) is 30.5. The zero-order valence-electron chi connectivity index (χ0n) is 26.5. The number of nitrogens with zero attached hydrogens (tertiary/aromatic N) is 2. The van der Waals surface area contributed by atoms with E-state index >= 15 is 0 Å². The average Bonchev–Trinajstić information content (AvgIpc) is 3.32. The molecule has 2 aliphatic heterocycles. The fourth-order valence-electron chi connectivity index (χ4n) is 7.45. The molecule has 0 aliphatic carbocycles. The fraction of sp³-hybridized carbons (Fsp3) is 0.275. The van der Waals surface area contributed by atoms with E-state index in [1.54, 1.807) is 0 Å². The van der Waals surface area contributed by atoms with Crippen LogP contribution in [-0.4, -0.2) is 24.4 Å². The second-order valence-electron chi connectivity index (χ2n) is 13.0. The molecule has 4 aromatic rings. The van der Waals surface area contributed by atoms with E-state index in [1.807, 2.05) is 0 Å². The highest BCUT2D eigenvalue weighted by atomic mass is 35.5. The zero-order valence-corrected chi connectivity index (χ0v) is 27.3. The topological polar surface area (TPSA) is 6.25 Å². The third-order valence-electron chi connectivity index (χ3n) is 9.56. The van der Waals surface area contributed by atoms with Crippen LogP contribution in [0.4, 0.5) is 11.4 Å². The summed E-state index contributed by atoms with van der Waals surface area (Å²) in [5, 5.41) is 6.01. The van der Waals surface area contributed by atoms with Crippen LogP contribution in [0.2, 0.25) is 0 Å². The lowest BCUT2D eigenvalue weighted by Crippen LogP contribution is -2.26. The van der Waals surface area contributed by atoms with Crippen LogP contribution in [-0.2, 0) is 10.8 Å². The van der Waals surface area contributed by atoms with Gasteiger partial charge in [-0.25, -0.2) is 0 Å². The number of anilines is 1. The summed E-state index contributed by atoms with van der Waals surface area (Å²) >= 11 is 7.02. The van der Waals surface area contributed by atoms with Gasteiger partial charge in [0, 0.05) is 46.6 Å². The van der Waals surface area contributed by atoms with Crippen molar-refractivity contribution in [3.63, 3.8) is 0 Å². The van der Waals surface area contributed by atoms with Crippen molar-refractivity contribution in [1.29, 1.82) is 0 Å². The molecule has 0 spiro atoms. The van der Waals surface area contributed by atoms with Crippen molar-refractivity contribution in [3.8, 4) is 0 Å². The normalized spacial score (nSPS) is 18.9.